The summed E-state index contributed by atoms with van der Waals surface area (Å²) in [4.78, 5) is 8.40. The highest BCUT2D eigenvalue weighted by Crippen LogP contribution is 2.24. The van der Waals surface area contributed by atoms with Crippen molar-refractivity contribution in [3.63, 3.8) is 0 Å². The van der Waals surface area contributed by atoms with Crippen LogP contribution in [0.25, 0.3) is 11.0 Å². The van der Waals surface area contributed by atoms with Crippen molar-refractivity contribution in [3.05, 3.63) is 29.4 Å². The van der Waals surface area contributed by atoms with Crippen LogP contribution < -0.4 is 4.72 Å². The van der Waals surface area contributed by atoms with Crippen LogP contribution in [0.5, 0.6) is 0 Å². The molecule has 0 atom stereocenters. The molecule has 6 nitrogen and oxygen atoms in total. The van der Waals surface area contributed by atoms with Crippen molar-refractivity contribution < 1.29 is 13.2 Å². The summed E-state index contributed by atoms with van der Waals surface area (Å²) in [5.74, 6) is 0.0712. The fourth-order valence-corrected chi connectivity index (χ4v) is 3.88. The van der Waals surface area contributed by atoms with Gasteiger partial charge < -0.3 is 4.74 Å². The Labute approximate surface area is 127 Å². The number of anilines is 1. The average molecular weight is 328 g/mol. The Hall–Kier alpha value is -1.44. The number of sulfonamides is 1. The average Bonchev–Trinajstić information content (AvgIpc) is 2.49. The zero-order valence-corrected chi connectivity index (χ0v) is 12.7. The fraction of sp³-hybridized carbons (Fsp3) is 0.385. The first kappa shape index (κ1) is 14.5. The summed E-state index contributed by atoms with van der Waals surface area (Å²) in [6.45, 7) is 0.894. The quantitative estimate of drug-likeness (QED) is 0.934. The number of halogens is 1. The maximum Gasteiger partial charge on any atom is 0.237 e. The molecule has 0 saturated carbocycles. The van der Waals surface area contributed by atoms with E-state index in [0.717, 1.165) is 0 Å². The monoisotopic (exact) mass is 327 g/mol. The maximum absolute atomic E-state index is 12.4. The summed E-state index contributed by atoms with van der Waals surface area (Å²) in [5.41, 5.74) is 1.21. The largest absolute Gasteiger partial charge is 0.381 e. The van der Waals surface area contributed by atoms with Crippen LogP contribution in [0.15, 0.2) is 24.3 Å². The van der Waals surface area contributed by atoms with Crippen molar-refractivity contribution in [2.45, 2.75) is 18.1 Å². The van der Waals surface area contributed by atoms with Crippen molar-refractivity contribution in [3.8, 4) is 0 Å². The van der Waals surface area contributed by atoms with Crippen molar-refractivity contribution in [1.82, 2.24) is 9.97 Å². The second kappa shape index (κ2) is 5.75. The van der Waals surface area contributed by atoms with Gasteiger partial charge in [0.05, 0.1) is 16.3 Å². The number of para-hydroxylation sites is 2. The van der Waals surface area contributed by atoms with Crippen LogP contribution in [-0.4, -0.2) is 36.8 Å². The van der Waals surface area contributed by atoms with E-state index >= 15 is 0 Å². The highest BCUT2D eigenvalue weighted by atomic mass is 35.5. The number of nitrogens with zero attached hydrogens (tertiary/aromatic N) is 2. The number of ether oxygens (including phenoxy) is 1. The Morgan fingerprint density at radius 1 is 1.14 bits per heavy atom. The molecule has 1 aromatic carbocycles. The van der Waals surface area contributed by atoms with Crippen molar-refractivity contribution in [2.75, 3.05) is 17.9 Å². The van der Waals surface area contributed by atoms with Gasteiger partial charge in [0.15, 0.2) is 11.0 Å². The minimum absolute atomic E-state index is 0.0457. The van der Waals surface area contributed by atoms with E-state index in [9.17, 15) is 8.42 Å². The number of nitrogens with one attached hydrogen (secondary N) is 1. The zero-order valence-electron chi connectivity index (χ0n) is 11.1. The first-order valence-electron chi connectivity index (χ1n) is 6.58. The van der Waals surface area contributed by atoms with Gasteiger partial charge in [0.1, 0.15) is 0 Å². The molecule has 21 heavy (non-hydrogen) atoms. The maximum atomic E-state index is 12.4. The van der Waals surface area contributed by atoms with Crippen LogP contribution >= 0.6 is 11.6 Å². The Morgan fingerprint density at radius 3 is 2.43 bits per heavy atom. The van der Waals surface area contributed by atoms with Crippen molar-refractivity contribution >= 4 is 38.5 Å². The van der Waals surface area contributed by atoms with E-state index < -0.39 is 15.3 Å². The molecule has 0 amide bonds. The molecule has 0 spiro atoms. The first-order chi connectivity index (χ1) is 10.1. The third-order valence-corrected chi connectivity index (χ3v) is 5.46. The van der Waals surface area contributed by atoms with Crippen molar-refractivity contribution in [1.29, 1.82) is 0 Å². The highest BCUT2D eigenvalue weighted by Gasteiger charge is 2.28. The predicted molar refractivity (Wildman–Crippen MR) is 80.9 cm³/mol. The van der Waals surface area contributed by atoms with Gasteiger partial charge >= 0.3 is 0 Å². The van der Waals surface area contributed by atoms with Crippen LogP contribution in [0.2, 0.25) is 5.15 Å². The lowest BCUT2D eigenvalue weighted by atomic mass is 10.2. The lowest BCUT2D eigenvalue weighted by molar-refractivity contribution is 0.0984. The normalized spacial score (nSPS) is 17.0. The first-order valence-corrected chi connectivity index (χ1v) is 8.50. The second-order valence-electron chi connectivity index (χ2n) is 4.81. The molecular weight excluding hydrogens is 314 g/mol. The van der Waals surface area contributed by atoms with Crippen LogP contribution in [0.4, 0.5) is 5.82 Å². The van der Waals surface area contributed by atoms with Crippen LogP contribution in [0, 0.1) is 0 Å². The number of hydrogen-bond donors (Lipinski definition) is 1. The molecule has 2 aromatic rings. The summed E-state index contributed by atoms with van der Waals surface area (Å²) >= 11 is 6.02. The van der Waals surface area contributed by atoms with Gasteiger partial charge in [-0.05, 0) is 25.0 Å². The van der Waals surface area contributed by atoms with E-state index in [-0.39, 0.29) is 11.0 Å². The van der Waals surface area contributed by atoms with E-state index in [1.165, 1.54) is 0 Å². The smallest absolute Gasteiger partial charge is 0.237 e. The van der Waals surface area contributed by atoms with E-state index in [1.54, 1.807) is 12.1 Å². The second-order valence-corrected chi connectivity index (χ2v) is 7.13. The number of hydrogen-bond acceptors (Lipinski definition) is 5. The van der Waals surface area contributed by atoms with Gasteiger partial charge in [-0.3, -0.25) is 4.72 Å². The summed E-state index contributed by atoms with van der Waals surface area (Å²) < 4.78 is 32.3. The Kier molecular flexibility index (Phi) is 3.97. The van der Waals surface area contributed by atoms with Crippen LogP contribution in [-0.2, 0) is 14.8 Å². The molecule has 1 saturated heterocycles. The molecule has 0 radical (unpaired) electrons. The van der Waals surface area contributed by atoms with Gasteiger partial charge in [0, 0.05) is 13.2 Å². The Bertz CT molecular complexity index is 760. The Balaban J connectivity index is 1.91. The van der Waals surface area contributed by atoms with Gasteiger partial charge in [-0.15, -0.1) is 0 Å². The SMILES string of the molecule is O=S(=O)(Nc1nc2ccccc2nc1Cl)C1CCOCC1. The van der Waals surface area contributed by atoms with E-state index in [0.29, 0.717) is 37.1 Å². The van der Waals surface area contributed by atoms with Crippen LogP contribution in [0.1, 0.15) is 12.8 Å². The minimum atomic E-state index is -3.54. The molecule has 1 aromatic heterocycles. The molecule has 0 bridgehead atoms. The molecular formula is C13H14ClN3O3S. The predicted octanol–water partition coefficient (Wildman–Crippen LogP) is 2.20. The van der Waals surface area contributed by atoms with Crippen molar-refractivity contribution in [2.24, 2.45) is 0 Å². The molecule has 8 heteroatoms. The summed E-state index contributed by atoms with van der Waals surface area (Å²) in [6, 6.07) is 7.15. The minimum Gasteiger partial charge on any atom is -0.381 e. The molecule has 1 N–H and O–H groups in total. The third-order valence-electron chi connectivity index (χ3n) is 3.37. The molecule has 0 unspecified atom stereocenters. The molecule has 0 aliphatic carbocycles. The topological polar surface area (TPSA) is 81.2 Å². The zero-order chi connectivity index (χ0) is 14.9. The fourth-order valence-electron chi connectivity index (χ4n) is 2.25. The van der Waals surface area contributed by atoms with Gasteiger partial charge in [-0.1, -0.05) is 23.7 Å². The van der Waals surface area contributed by atoms with Gasteiger partial charge in [-0.25, -0.2) is 18.4 Å². The van der Waals surface area contributed by atoms with Gasteiger partial charge in [0.25, 0.3) is 0 Å². The van der Waals surface area contributed by atoms with Crippen LogP contribution in [0.3, 0.4) is 0 Å². The van der Waals surface area contributed by atoms with E-state index in [4.69, 9.17) is 16.3 Å². The van der Waals surface area contributed by atoms with E-state index in [1.807, 2.05) is 12.1 Å². The molecule has 3 rings (SSSR count). The summed E-state index contributed by atoms with van der Waals surface area (Å²) in [5, 5.41) is -0.445. The number of rotatable bonds is 3. The number of aromatic nitrogens is 2. The summed E-state index contributed by atoms with van der Waals surface area (Å²) in [7, 11) is -3.54. The lowest BCUT2D eigenvalue weighted by Crippen LogP contribution is -2.33. The molecule has 1 aliphatic heterocycles. The Morgan fingerprint density at radius 2 is 1.76 bits per heavy atom. The molecule has 112 valence electrons. The van der Waals surface area contributed by atoms with Gasteiger partial charge in [-0.2, -0.15) is 0 Å². The number of fused-ring (bicyclic) bond motifs is 1. The molecule has 2 heterocycles. The third kappa shape index (κ3) is 3.09. The number of benzene rings is 1. The standard InChI is InChI=1S/C13H14ClN3O3S/c14-12-13(16-11-4-2-1-3-10(11)15-12)17-21(18,19)9-5-7-20-8-6-9/h1-4,9H,5-8H2,(H,16,17). The molecule has 1 fully saturated rings. The lowest BCUT2D eigenvalue weighted by Gasteiger charge is -2.22. The molecule has 1 aliphatic rings. The van der Waals surface area contributed by atoms with E-state index in [2.05, 4.69) is 14.7 Å². The van der Waals surface area contributed by atoms with Gasteiger partial charge in [0.2, 0.25) is 10.0 Å². The summed E-state index contributed by atoms with van der Waals surface area (Å²) in [6.07, 6.45) is 0.932. The highest BCUT2D eigenvalue weighted by molar-refractivity contribution is 7.93.